The molecule has 0 amide bonds. The van der Waals surface area contributed by atoms with Crippen molar-refractivity contribution in [3.8, 4) is 11.5 Å². The molecule has 1 atom stereocenters. The Balaban J connectivity index is 2.14. The highest BCUT2D eigenvalue weighted by Crippen LogP contribution is 2.35. The second kappa shape index (κ2) is 7.84. The van der Waals surface area contributed by atoms with Crippen LogP contribution in [0, 0.1) is 6.92 Å². The minimum Gasteiger partial charge on any atom is -0.493 e. The van der Waals surface area contributed by atoms with Crippen molar-refractivity contribution in [3.63, 3.8) is 0 Å². The fourth-order valence-electron chi connectivity index (χ4n) is 2.76. The van der Waals surface area contributed by atoms with E-state index in [1.165, 1.54) is 0 Å². The number of benzene rings is 2. The summed E-state index contributed by atoms with van der Waals surface area (Å²) in [7, 11) is 3.25. The van der Waals surface area contributed by atoms with Crippen molar-refractivity contribution in [1.82, 2.24) is 5.32 Å². The van der Waals surface area contributed by atoms with Crippen molar-refractivity contribution in [2.75, 3.05) is 14.2 Å². The van der Waals surface area contributed by atoms with Gasteiger partial charge in [-0.1, -0.05) is 18.2 Å². The number of ether oxygens (including phenoxy) is 2. The summed E-state index contributed by atoms with van der Waals surface area (Å²) < 4.78 is 10.8. The summed E-state index contributed by atoms with van der Waals surface area (Å²) in [6, 6.07) is 10.9. The van der Waals surface area contributed by atoms with Gasteiger partial charge in [0, 0.05) is 12.6 Å². The van der Waals surface area contributed by atoms with Crippen molar-refractivity contribution in [3.05, 3.63) is 58.7 Å². The zero-order valence-electron chi connectivity index (χ0n) is 14.4. The van der Waals surface area contributed by atoms with E-state index in [9.17, 15) is 4.79 Å². The highest BCUT2D eigenvalue weighted by Gasteiger charge is 2.15. The first kappa shape index (κ1) is 17.8. The highest BCUT2D eigenvalue weighted by molar-refractivity contribution is 5.87. The average molecular weight is 329 g/mol. The van der Waals surface area contributed by atoms with E-state index in [1.807, 2.05) is 25.1 Å². The zero-order chi connectivity index (χ0) is 17.7. The lowest BCUT2D eigenvalue weighted by molar-refractivity contribution is 0.0696. The fraction of sp³-hybridized carbons (Fsp3) is 0.316. The molecule has 0 radical (unpaired) electrons. The van der Waals surface area contributed by atoms with E-state index >= 15 is 0 Å². The van der Waals surface area contributed by atoms with Gasteiger partial charge in [0.15, 0.2) is 11.5 Å². The summed E-state index contributed by atoms with van der Waals surface area (Å²) in [4.78, 5) is 11.0. The third kappa shape index (κ3) is 3.86. The van der Waals surface area contributed by atoms with Crippen LogP contribution in [0.1, 0.15) is 40.0 Å². The second-order valence-electron chi connectivity index (χ2n) is 5.62. The molecule has 0 saturated heterocycles. The summed E-state index contributed by atoms with van der Waals surface area (Å²) in [5, 5.41) is 12.5. The lowest BCUT2D eigenvalue weighted by atomic mass is 10.0. The smallest absolute Gasteiger partial charge is 0.335 e. The number of aromatic carboxylic acids is 1. The van der Waals surface area contributed by atoms with Gasteiger partial charge in [0.05, 0.1) is 19.8 Å². The Morgan fingerprint density at radius 1 is 1.21 bits per heavy atom. The molecule has 0 saturated carbocycles. The van der Waals surface area contributed by atoms with Gasteiger partial charge in [-0.15, -0.1) is 0 Å². The maximum absolute atomic E-state index is 11.0. The van der Waals surface area contributed by atoms with Crippen LogP contribution < -0.4 is 14.8 Å². The minimum atomic E-state index is -0.916. The van der Waals surface area contributed by atoms with E-state index < -0.39 is 5.97 Å². The molecule has 2 aromatic carbocycles. The summed E-state index contributed by atoms with van der Waals surface area (Å²) in [6.45, 7) is 4.64. The molecule has 0 bridgehead atoms. The minimum absolute atomic E-state index is 0.0818. The Bertz CT molecular complexity index is 727. The molecular weight excluding hydrogens is 306 g/mol. The molecule has 0 aliphatic heterocycles. The van der Waals surface area contributed by atoms with Gasteiger partial charge in [-0.25, -0.2) is 4.79 Å². The molecule has 2 N–H and O–H groups in total. The van der Waals surface area contributed by atoms with Crippen LogP contribution in [0.15, 0.2) is 36.4 Å². The van der Waals surface area contributed by atoms with Gasteiger partial charge in [0.25, 0.3) is 0 Å². The Kier molecular flexibility index (Phi) is 5.82. The van der Waals surface area contributed by atoms with Gasteiger partial charge < -0.3 is 19.9 Å². The number of carboxylic acids is 1. The number of hydrogen-bond acceptors (Lipinski definition) is 4. The topological polar surface area (TPSA) is 67.8 Å². The van der Waals surface area contributed by atoms with Crippen molar-refractivity contribution in [2.45, 2.75) is 26.4 Å². The van der Waals surface area contributed by atoms with E-state index in [-0.39, 0.29) is 6.04 Å². The number of rotatable bonds is 7. The number of carboxylic acid groups (broad SMARTS) is 1. The van der Waals surface area contributed by atoms with Crippen LogP contribution in [0.25, 0.3) is 0 Å². The lowest BCUT2D eigenvalue weighted by Gasteiger charge is -2.20. The molecule has 5 nitrogen and oxygen atoms in total. The van der Waals surface area contributed by atoms with Crippen LogP contribution in [0.3, 0.4) is 0 Å². The summed E-state index contributed by atoms with van der Waals surface area (Å²) in [5.74, 6) is 0.525. The van der Waals surface area contributed by atoms with Crippen LogP contribution in [-0.2, 0) is 6.54 Å². The van der Waals surface area contributed by atoms with E-state index in [0.29, 0.717) is 17.9 Å². The molecular formula is C19H23NO4. The normalized spacial score (nSPS) is 11.8. The molecule has 0 aliphatic carbocycles. The number of nitrogens with one attached hydrogen (secondary N) is 1. The molecule has 0 aromatic heterocycles. The van der Waals surface area contributed by atoms with Gasteiger partial charge in [-0.3, -0.25) is 0 Å². The first-order valence-electron chi connectivity index (χ1n) is 7.75. The van der Waals surface area contributed by atoms with E-state index in [0.717, 1.165) is 22.4 Å². The fourth-order valence-corrected chi connectivity index (χ4v) is 2.76. The lowest BCUT2D eigenvalue weighted by Crippen LogP contribution is -2.19. The number of carbonyl (C=O) groups is 1. The van der Waals surface area contributed by atoms with Crippen LogP contribution in [0.5, 0.6) is 11.5 Å². The Morgan fingerprint density at radius 2 is 1.96 bits per heavy atom. The van der Waals surface area contributed by atoms with Crippen LogP contribution in [0.2, 0.25) is 0 Å². The van der Waals surface area contributed by atoms with E-state index in [4.69, 9.17) is 14.6 Å². The molecule has 1 unspecified atom stereocenters. The predicted molar refractivity (Wildman–Crippen MR) is 92.9 cm³/mol. The summed E-state index contributed by atoms with van der Waals surface area (Å²) in [5.41, 5.74) is 3.36. The molecule has 2 aromatic rings. The van der Waals surface area contributed by atoms with Crippen molar-refractivity contribution >= 4 is 5.97 Å². The van der Waals surface area contributed by atoms with E-state index in [2.05, 4.69) is 12.2 Å². The zero-order valence-corrected chi connectivity index (χ0v) is 14.4. The maximum atomic E-state index is 11.0. The monoisotopic (exact) mass is 329 g/mol. The predicted octanol–water partition coefficient (Wildman–Crippen LogP) is 3.56. The SMILES string of the molecule is COc1ccc(C(C)NCc2cccc(C(=O)O)c2)c(C)c1OC. The number of hydrogen-bond donors (Lipinski definition) is 2. The van der Waals surface area contributed by atoms with Crippen LogP contribution in [-0.4, -0.2) is 25.3 Å². The molecule has 2 rings (SSSR count). The van der Waals surface area contributed by atoms with Gasteiger partial charge in [-0.2, -0.15) is 0 Å². The van der Waals surface area contributed by atoms with Gasteiger partial charge >= 0.3 is 5.97 Å². The van der Waals surface area contributed by atoms with Crippen LogP contribution >= 0.6 is 0 Å². The second-order valence-corrected chi connectivity index (χ2v) is 5.62. The molecule has 0 spiro atoms. The maximum Gasteiger partial charge on any atom is 0.335 e. The summed E-state index contributed by atoms with van der Waals surface area (Å²) >= 11 is 0. The standard InChI is InChI=1S/C19H23NO4/c1-12-16(8-9-17(23-3)18(12)24-4)13(2)20-11-14-6-5-7-15(10-14)19(21)22/h5-10,13,20H,11H2,1-4H3,(H,21,22). The van der Waals surface area contributed by atoms with Gasteiger partial charge in [0.2, 0.25) is 0 Å². The summed E-state index contributed by atoms with van der Waals surface area (Å²) in [6.07, 6.45) is 0. The Hall–Kier alpha value is -2.53. The van der Waals surface area contributed by atoms with Gasteiger partial charge in [-0.05, 0) is 48.7 Å². The average Bonchev–Trinajstić information content (AvgIpc) is 2.59. The van der Waals surface area contributed by atoms with Crippen molar-refractivity contribution in [2.24, 2.45) is 0 Å². The third-order valence-corrected chi connectivity index (χ3v) is 4.09. The molecule has 0 fully saturated rings. The number of methoxy groups -OCH3 is 2. The van der Waals surface area contributed by atoms with Gasteiger partial charge in [0.1, 0.15) is 0 Å². The Morgan fingerprint density at radius 3 is 2.58 bits per heavy atom. The first-order chi connectivity index (χ1) is 11.5. The van der Waals surface area contributed by atoms with Crippen LogP contribution in [0.4, 0.5) is 0 Å². The van der Waals surface area contributed by atoms with Crippen molar-refractivity contribution < 1.29 is 19.4 Å². The third-order valence-electron chi connectivity index (χ3n) is 4.09. The largest absolute Gasteiger partial charge is 0.493 e. The molecule has 5 heteroatoms. The Labute approximate surface area is 142 Å². The highest BCUT2D eigenvalue weighted by atomic mass is 16.5. The molecule has 0 aliphatic rings. The quantitative estimate of drug-likeness (QED) is 0.813. The molecule has 0 heterocycles. The first-order valence-corrected chi connectivity index (χ1v) is 7.75. The van der Waals surface area contributed by atoms with E-state index in [1.54, 1.807) is 32.4 Å². The molecule has 24 heavy (non-hydrogen) atoms. The van der Waals surface area contributed by atoms with Crippen molar-refractivity contribution in [1.29, 1.82) is 0 Å². The molecule has 128 valence electrons.